The molecule has 1 aromatic rings. The van der Waals surface area contributed by atoms with E-state index in [0.717, 1.165) is 25.1 Å². The van der Waals surface area contributed by atoms with Gasteiger partial charge >= 0.3 is 0 Å². The Labute approximate surface area is 111 Å². The highest BCUT2D eigenvalue weighted by molar-refractivity contribution is 7.80. The Bertz CT molecular complexity index is 477. The van der Waals surface area contributed by atoms with E-state index >= 15 is 0 Å². The predicted octanol–water partition coefficient (Wildman–Crippen LogP) is 0.417. The van der Waals surface area contributed by atoms with E-state index in [9.17, 15) is 4.79 Å². The van der Waals surface area contributed by atoms with Gasteiger partial charge in [0.1, 0.15) is 10.7 Å². The number of anilines is 1. The Morgan fingerprint density at radius 2 is 2.28 bits per heavy atom. The molecule has 1 atom stereocenters. The number of nitrogens with two attached hydrogens (primary N) is 2. The summed E-state index contributed by atoms with van der Waals surface area (Å²) in [5, 5.41) is 0. The van der Waals surface area contributed by atoms with Crippen molar-refractivity contribution in [3.8, 4) is 0 Å². The molecule has 0 aliphatic carbocycles. The molecule has 2 rings (SSSR count). The van der Waals surface area contributed by atoms with Crippen LogP contribution in [0.4, 0.5) is 5.69 Å². The highest BCUT2D eigenvalue weighted by atomic mass is 32.1. The fourth-order valence-corrected chi connectivity index (χ4v) is 2.43. The quantitative estimate of drug-likeness (QED) is 0.773. The van der Waals surface area contributed by atoms with Gasteiger partial charge in [0, 0.05) is 19.3 Å². The largest absolute Gasteiger partial charge is 0.388 e. The van der Waals surface area contributed by atoms with Crippen molar-refractivity contribution in [2.24, 2.45) is 17.4 Å². The van der Waals surface area contributed by atoms with E-state index in [0.29, 0.717) is 12.2 Å². The molecule has 0 saturated carbocycles. The van der Waals surface area contributed by atoms with Crippen molar-refractivity contribution in [1.29, 1.82) is 0 Å². The van der Waals surface area contributed by atoms with Crippen LogP contribution in [0.25, 0.3) is 0 Å². The minimum absolute atomic E-state index is 0.113. The number of nitrogens with zero attached hydrogens (tertiary/aromatic N) is 2. The van der Waals surface area contributed by atoms with Crippen LogP contribution >= 0.6 is 12.2 Å². The lowest BCUT2D eigenvalue weighted by atomic mass is 9.97. The zero-order chi connectivity index (χ0) is 13.1. The maximum absolute atomic E-state index is 11.3. The van der Waals surface area contributed by atoms with Gasteiger partial charge in [0.15, 0.2) is 0 Å². The number of carbonyl (C=O) groups excluding carboxylic acids is 1. The molecule has 4 N–H and O–H groups in total. The molecule has 1 aromatic heterocycles. The molecule has 0 radical (unpaired) electrons. The summed E-state index contributed by atoms with van der Waals surface area (Å²) in [6, 6.07) is 3.76. The number of amides is 1. The molecule has 1 fully saturated rings. The van der Waals surface area contributed by atoms with Crippen molar-refractivity contribution < 1.29 is 4.79 Å². The van der Waals surface area contributed by atoms with Crippen molar-refractivity contribution in [2.75, 3.05) is 18.0 Å². The van der Waals surface area contributed by atoms with Crippen LogP contribution in [-0.2, 0) is 4.79 Å². The zero-order valence-electron chi connectivity index (χ0n) is 10.0. The molecular formula is C12H16N4OS. The summed E-state index contributed by atoms with van der Waals surface area (Å²) in [4.78, 5) is 17.8. The smallest absolute Gasteiger partial charge is 0.222 e. The van der Waals surface area contributed by atoms with E-state index in [-0.39, 0.29) is 16.8 Å². The lowest BCUT2D eigenvalue weighted by Crippen LogP contribution is -2.42. The SMILES string of the molecule is NC(=O)C1CCCN(c2cccnc2C(N)=S)C1. The summed E-state index contributed by atoms with van der Waals surface area (Å²) in [7, 11) is 0. The Morgan fingerprint density at radius 3 is 2.94 bits per heavy atom. The second kappa shape index (κ2) is 5.30. The minimum atomic E-state index is -0.250. The van der Waals surface area contributed by atoms with Crippen LogP contribution < -0.4 is 16.4 Å². The molecule has 1 amide bonds. The summed E-state index contributed by atoms with van der Waals surface area (Å²) >= 11 is 5.00. The number of pyridine rings is 1. The van der Waals surface area contributed by atoms with Crippen molar-refractivity contribution >= 4 is 28.8 Å². The number of hydrogen-bond donors (Lipinski definition) is 2. The molecule has 2 heterocycles. The van der Waals surface area contributed by atoms with E-state index in [1.165, 1.54) is 0 Å². The van der Waals surface area contributed by atoms with Crippen molar-refractivity contribution in [3.05, 3.63) is 24.0 Å². The first kappa shape index (κ1) is 12.8. The van der Waals surface area contributed by atoms with Crippen molar-refractivity contribution in [1.82, 2.24) is 4.98 Å². The molecule has 0 spiro atoms. The molecule has 96 valence electrons. The van der Waals surface area contributed by atoms with Crippen LogP contribution in [-0.4, -0.2) is 29.0 Å². The zero-order valence-corrected chi connectivity index (χ0v) is 10.8. The van der Waals surface area contributed by atoms with Gasteiger partial charge in [-0.2, -0.15) is 0 Å². The van der Waals surface area contributed by atoms with Crippen LogP contribution in [0.3, 0.4) is 0 Å². The van der Waals surface area contributed by atoms with Crippen molar-refractivity contribution in [2.45, 2.75) is 12.8 Å². The number of thiocarbonyl (C=S) groups is 1. The number of carbonyl (C=O) groups is 1. The second-order valence-corrected chi connectivity index (χ2v) is 4.86. The van der Waals surface area contributed by atoms with E-state index < -0.39 is 0 Å². The summed E-state index contributed by atoms with van der Waals surface area (Å²) in [6.45, 7) is 1.47. The van der Waals surface area contributed by atoms with Gasteiger partial charge in [-0.05, 0) is 25.0 Å². The molecule has 1 aliphatic rings. The molecule has 18 heavy (non-hydrogen) atoms. The molecule has 1 saturated heterocycles. The number of rotatable bonds is 3. The third-order valence-electron chi connectivity index (χ3n) is 3.18. The average Bonchev–Trinajstić information content (AvgIpc) is 2.39. The number of piperidine rings is 1. The number of primary amides is 1. The van der Waals surface area contributed by atoms with Gasteiger partial charge in [0.2, 0.25) is 5.91 Å². The fraction of sp³-hybridized carbons (Fsp3) is 0.417. The van der Waals surface area contributed by atoms with Crippen LogP contribution in [0.15, 0.2) is 18.3 Å². The molecule has 0 aromatic carbocycles. The summed E-state index contributed by atoms with van der Waals surface area (Å²) in [6.07, 6.45) is 3.43. The molecule has 6 heteroatoms. The maximum Gasteiger partial charge on any atom is 0.222 e. The highest BCUT2D eigenvalue weighted by Gasteiger charge is 2.25. The normalized spacial score (nSPS) is 19.6. The molecule has 5 nitrogen and oxygen atoms in total. The molecule has 1 aliphatic heterocycles. The average molecular weight is 264 g/mol. The Morgan fingerprint density at radius 1 is 1.50 bits per heavy atom. The van der Waals surface area contributed by atoms with Gasteiger partial charge in [-0.25, -0.2) is 0 Å². The standard InChI is InChI=1S/C12H16N4OS/c13-11(17)8-3-2-6-16(7-8)9-4-1-5-15-10(9)12(14)18/h1,4-5,8H,2-3,6-7H2,(H2,13,17)(H2,14,18). The maximum atomic E-state index is 11.3. The first-order chi connectivity index (χ1) is 8.59. The van der Waals surface area contributed by atoms with Gasteiger partial charge < -0.3 is 16.4 Å². The highest BCUT2D eigenvalue weighted by Crippen LogP contribution is 2.25. The molecule has 1 unspecified atom stereocenters. The summed E-state index contributed by atoms with van der Waals surface area (Å²) < 4.78 is 0. The van der Waals surface area contributed by atoms with E-state index in [1.807, 2.05) is 12.1 Å². The first-order valence-electron chi connectivity index (χ1n) is 5.88. The van der Waals surface area contributed by atoms with E-state index in [2.05, 4.69) is 9.88 Å². The van der Waals surface area contributed by atoms with E-state index in [1.54, 1.807) is 6.20 Å². The molecular weight excluding hydrogens is 248 g/mol. The monoisotopic (exact) mass is 264 g/mol. The van der Waals surface area contributed by atoms with Gasteiger partial charge in [-0.15, -0.1) is 0 Å². The van der Waals surface area contributed by atoms with Crippen LogP contribution in [0, 0.1) is 5.92 Å². The topological polar surface area (TPSA) is 85.2 Å². The van der Waals surface area contributed by atoms with Crippen molar-refractivity contribution in [3.63, 3.8) is 0 Å². The Kier molecular flexibility index (Phi) is 3.76. The lowest BCUT2D eigenvalue weighted by molar-refractivity contribution is -0.122. The second-order valence-electron chi connectivity index (χ2n) is 4.42. The third-order valence-corrected chi connectivity index (χ3v) is 3.38. The Hall–Kier alpha value is -1.69. The number of hydrogen-bond acceptors (Lipinski definition) is 4. The van der Waals surface area contributed by atoms with Crippen LogP contribution in [0.5, 0.6) is 0 Å². The minimum Gasteiger partial charge on any atom is -0.388 e. The third kappa shape index (κ3) is 2.59. The van der Waals surface area contributed by atoms with E-state index in [4.69, 9.17) is 23.7 Å². The van der Waals surface area contributed by atoms with Gasteiger partial charge in [0.25, 0.3) is 0 Å². The lowest BCUT2D eigenvalue weighted by Gasteiger charge is -2.33. The fourth-order valence-electron chi connectivity index (χ4n) is 2.27. The summed E-state index contributed by atoms with van der Waals surface area (Å²) in [5.41, 5.74) is 12.5. The van der Waals surface area contributed by atoms with Gasteiger partial charge in [0.05, 0.1) is 11.6 Å². The van der Waals surface area contributed by atoms with Crippen LogP contribution in [0.2, 0.25) is 0 Å². The van der Waals surface area contributed by atoms with Crippen LogP contribution in [0.1, 0.15) is 18.5 Å². The first-order valence-corrected chi connectivity index (χ1v) is 6.29. The number of aromatic nitrogens is 1. The van der Waals surface area contributed by atoms with Gasteiger partial charge in [-0.3, -0.25) is 9.78 Å². The molecule has 0 bridgehead atoms. The van der Waals surface area contributed by atoms with Gasteiger partial charge in [-0.1, -0.05) is 12.2 Å². The predicted molar refractivity (Wildman–Crippen MR) is 74.3 cm³/mol. The Balaban J connectivity index is 2.26. The summed E-state index contributed by atoms with van der Waals surface area (Å²) in [5.74, 6) is -0.362.